The van der Waals surface area contributed by atoms with Crippen LogP contribution >= 0.6 is 12.4 Å². The van der Waals surface area contributed by atoms with Crippen molar-refractivity contribution in [2.75, 3.05) is 22.9 Å². The number of amides is 2. The van der Waals surface area contributed by atoms with Gasteiger partial charge in [-0.25, -0.2) is 0 Å². The van der Waals surface area contributed by atoms with Crippen molar-refractivity contribution in [3.8, 4) is 5.75 Å². The molecule has 0 saturated carbocycles. The Kier molecular flexibility index (Phi) is 12.9. The Hall–Kier alpha value is -3.95. The second-order valence-electron chi connectivity index (χ2n) is 11.9. The second-order valence-corrected chi connectivity index (χ2v) is 11.9. The standard InChI is InChI=1S/C35H45N5O4.ClH/c1-5-39(6-2)31-12-9-10-25-20-26(35(44)40(33(25)31)22-27-11-7-8-17-37-27)21-32(42)30(18-23(3)4)38-34(43)29(36)19-24-13-15-28(41)16-14-24;/h7-17,23,26,29-30,41H,5-6,18-22,36H2,1-4H3,(H,38,43);1H/t26?,29-,30-;/m1./s1. The van der Waals surface area contributed by atoms with E-state index >= 15 is 0 Å². The van der Waals surface area contributed by atoms with Gasteiger partial charge in [0.05, 0.1) is 35.7 Å². The van der Waals surface area contributed by atoms with Crippen molar-refractivity contribution >= 4 is 41.4 Å². The van der Waals surface area contributed by atoms with Crippen LogP contribution in [0.5, 0.6) is 5.75 Å². The molecule has 9 nitrogen and oxygen atoms in total. The van der Waals surface area contributed by atoms with Gasteiger partial charge in [-0.2, -0.15) is 0 Å². The molecule has 0 bridgehead atoms. The lowest BCUT2D eigenvalue weighted by Gasteiger charge is -2.38. The fourth-order valence-electron chi connectivity index (χ4n) is 5.91. The number of rotatable bonds is 14. The molecule has 3 atom stereocenters. The maximum absolute atomic E-state index is 14.2. The molecule has 45 heavy (non-hydrogen) atoms. The molecular formula is C35H46ClN5O4. The number of carbonyl (C=O) groups excluding carboxylic acids is 3. The van der Waals surface area contributed by atoms with Gasteiger partial charge in [-0.1, -0.05) is 44.2 Å². The SMILES string of the molecule is CCN(CC)c1cccc2c1N(Cc1ccccn1)C(=O)C(CC(=O)[C@@H](CC(C)C)NC(=O)[C@H](N)Cc1ccc(O)cc1)C2.Cl. The first kappa shape index (κ1) is 35.5. The first-order valence-corrected chi connectivity index (χ1v) is 15.6. The Bertz CT molecular complexity index is 1430. The van der Waals surface area contributed by atoms with Gasteiger partial charge in [-0.05, 0) is 80.5 Å². The molecule has 0 aliphatic carbocycles. The highest BCUT2D eigenvalue weighted by atomic mass is 35.5. The Morgan fingerprint density at radius 1 is 1.07 bits per heavy atom. The van der Waals surface area contributed by atoms with E-state index in [-0.39, 0.29) is 48.6 Å². The number of fused-ring (bicyclic) bond motifs is 1. The average Bonchev–Trinajstić information content (AvgIpc) is 3.00. The van der Waals surface area contributed by atoms with Gasteiger partial charge in [0.1, 0.15) is 5.75 Å². The van der Waals surface area contributed by atoms with Gasteiger partial charge < -0.3 is 26.0 Å². The lowest BCUT2D eigenvalue weighted by molar-refractivity contribution is -0.131. The zero-order valence-electron chi connectivity index (χ0n) is 26.6. The summed E-state index contributed by atoms with van der Waals surface area (Å²) in [4.78, 5) is 49.6. The smallest absolute Gasteiger partial charge is 0.237 e. The van der Waals surface area contributed by atoms with Crippen LogP contribution in [0.2, 0.25) is 0 Å². The fraction of sp³-hybridized carbons (Fsp3) is 0.429. The Morgan fingerprint density at radius 3 is 2.40 bits per heavy atom. The second kappa shape index (κ2) is 16.4. The van der Waals surface area contributed by atoms with Crippen LogP contribution in [-0.4, -0.2) is 52.9 Å². The predicted octanol–water partition coefficient (Wildman–Crippen LogP) is 4.82. The van der Waals surface area contributed by atoms with E-state index in [9.17, 15) is 19.5 Å². The number of Topliss-reactive ketones (excluding diaryl/α,β-unsaturated/α-hetero) is 1. The van der Waals surface area contributed by atoms with E-state index in [1.165, 1.54) is 0 Å². The van der Waals surface area contributed by atoms with Crippen LogP contribution in [0, 0.1) is 11.8 Å². The van der Waals surface area contributed by atoms with Gasteiger partial charge >= 0.3 is 0 Å². The number of carbonyl (C=O) groups is 3. The van der Waals surface area contributed by atoms with Crippen LogP contribution in [0.3, 0.4) is 0 Å². The molecule has 2 heterocycles. The Morgan fingerprint density at radius 2 is 1.78 bits per heavy atom. The highest BCUT2D eigenvalue weighted by molar-refractivity contribution is 6.04. The van der Waals surface area contributed by atoms with Gasteiger partial charge in [0.2, 0.25) is 11.8 Å². The molecule has 242 valence electrons. The average molecular weight is 636 g/mol. The van der Waals surface area contributed by atoms with Crippen LogP contribution in [-0.2, 0) is 33.8 Å². The van der Waals surface area contributed by atoms with Gasteiger partial charge in [-0.15, -0.1) is 12.4 Å². The van der Waals surface area contributed by atoms with Crippen molar-refractivity contribution in [2.24, 2.45) is 17.6 Å². The number of phenols is 1. The van der Waals surface area contributed by atoms with E-state index in [2.05, 4.69) is 29.0 Å². The number of anilines is 2. The van der Waals surface area contributed by atoms with Crippen LogP contribution in [0.1, 0.15) is 57.4 Å². The highest BCUT2D eigenvalue weighted by Gasteiger charge is 2.38. The van der Waals surface area contributed by atoms with Crippen molar-refractivity contribution in [1.82, 2.24) is 10.3 Å². The number of hydrogen-bond acceptors (Lipinski definition) is 7. The van der Waals surface area contributed by atoms with Crippen molar-refractivity contribution in [1.29, 1.82) is 0 Å². The molecule has 1 aliphatic rings. The molecule has 1 unspecified atom stereocenters. The van der Waals surface area contributed by atoms with Crippen LogP contribution < -0.4 is 20.9 Å². The van der Waals surface area contributed by atoms with E-state index in [4.69, 9.17) is 5.73 Å². The summed E-state index contributed by atoms with van der Waals surface area (Å²) in [5, 5.41) is 12.4. The maximum Gasteiger partial charge on any atom is 0.237 e. The number of nitrogens with one attached hydrogen (secondary N) is 1. The number of halogens is 1. The summed E-state index contributed by atoms with van der Waals surface area (Å²) >= 11 is 0. The van der Waals surface area contributed by atoms with Crippen LogP contribution in [0.25, 0.3) is 0 Å². The Labute approximate surface area is 272 Å². The number of pyridine rings is 1. The van der Waals surface area contributed by atoms with Crippen molar-refractivity contribution in [3.05, 3.63) is 83.7 Å². The maximum atomic E-state index is 14.2. The highest BCUT2D eigenvalue weighted by Crippen LogP contribution is 2.40. The van der Waals surface area contributed by atoms with Crippen molar-refractivity contribution < 1.29 is 19.5 Å². The van der Waals surface area contributed by atoms with Crippen molar-refractivity contribution in [2.45, 2.75) is 72.0 Å². The lowest BCUT2D eigenvalue weighted by Crippen LogP contribution is -2.50. The minimum Gasteiger partial charge on any atom is -0.508 e. The third kappa shape index (κ3) is 9.05. The molecule has 1 aromatic heterocycles. The minimum absolute atomic E-state index is 0. The third-order valence-corrected chi connectivity index (χ3v) is 8.19. The predicted molar refractivity (Wildman–Crippen MR) is 181 cm³/mol. The molecule has 4 rings (SSSR count). The van der Waals surface area contributed by atoms with Crippen LogP contribution in [0.15, 0.2) is 66.9 Å². The molecule has 3 aromatic rings. The number of nitrogens with two attached hydrogens (primary N) is 1. The third-order valence-electron chi connectivity index (χ3n) is 8.19. The topological polar surface area (TPSA) is 129 Å². The molecule has 10 heteroatoms. The number of aromatic nitrogens is 1. The first-order valence-electron chi connectivity index (χ1n) is 15.6. The summed E-state index contributed by atoms with van der Waals surface area (Å²) in [5.74, 6) is -1.01. The van der Waals surface area contributed by atoms with E-state index in [0.29, 0.717) is 19.4 Å². The molecule has 4 N–H and O–H groups in total. The van der Waals surface area contributed by atoms with E-state index in [0.717, 1.165) is 41.3 Å². The number of benzene rings is 2. The minimum atomic E-state index is -0.863. The summed E-state index contributed by atoms with van der Waals surface area (Å²) in [6.07, 6.45) is 2.88. The largest absolute Gasteiger partial charge is 0.508 e. The molecule has 0 saturated heterocycles. The monoisotopic (exact) mass is 635 g/mol. The number of phenolic OH excluding ortho intramolecular Hbond substituents is 1. The summed E-state index contributed by atoms with van der Waals surface area (Å²) in [6.45, 7) is 10.1. The van der Waals surface area contributed by atoms with Crippen molar-refractivity contribution in [3.63, 3.8) is 0 Å². The van der Waals surface area contributed by atoms with Crippen LogP contribution in [0.4, 0.5) is 11.4 Å². The fourth-order valence-corrected chi connectivity index (χ4v) is 5.91. The molecule has 0 radical (unpaired) electrons. The van der Waals surface area contributed by atoms with Gasteiger partial charge in [0.25, 0.3) is 0 Å². The molecule has 1 aliphatic heterocycles. The van der Waals surface area contributed by atoms with E-state index in [1.54, 1.807) is 35.4 Å². The number of aromatic hydroxyl groups is 1. The summed E-state index contributed by atoms with van der Waals surface area (Å²) in [7, 11) is 0. The molecule has 0 fully saturated rings. The van der Waals surface area contributed by atoms with Gasteiger partial charge in [0.15, 0.2) is 5.78 Å². The summed E-state index contributed by atoms with van der Waals surface area (Å²) < 4.78 is 0. The Balaban J connectivity index is 0.00000552. The zero-order chi connectivity index (χ0) is 31.8. The van der Waals surface area contributed by atoms with E-state index in [1.807, 2.05) is 50.2 Å². The normalized spacial score (nSPS) is 15.6. The van der Waals surface area contributed by atoms with Gasteiger partial charge in [-0.3, -0.25) is 19.4 Å². The first-order chi connectivity index (χ1) is 21.1. The van der Waals surface area contributed by atoms with Gasteiger partial charge in [0, 0.05) is 31.6 Å². The summed E-state index contributed by atoms with van der Waals surface area (Å²) in [6, 6.07) is 16.7. The zero-order valence-corrected chi connectivity index (χ0v) is 27.4. The number of nitrogens with zero attached hydrogens (tertiary/aromatic N) is 3. The number of hydrogen-bond donors (Lipinski definition) is 3. The molecule has 0 spiro atoms. The molecular weight excluding hydrogens is 590 g/mol. The summed E-state index contributed by atoms with van der Waals surface area (Å²) in [5.41, 5.74) is 10.7. The number of ketones is 1. The van der Waals surface area contributed by atoms with E-state index < -0.39 is 23.9 Å². The lowest BCUT2D eigenvalue weighted by atomic mass is 9.85. The molecule has 2 amide bonds. The molecule has 2 aromatic carbocycles. The quantitative estimate of drug-likeness (QED) is 0.232. The number of para-hydroxylation sites is 1.